The first-order valence-electron chi connectivity index (χ1n) is 5.68. The van der Waals surface area contributed by atoms with Gasteiger partial charge in [0.05, 0.1) is 6.04 Å². The fourth-order valence-corrected chi connectivity index (χ4v) is 1.89. The van der Waals surface area contributed by atoms with Crippen LogP contribution in [0.3, 0.4) is 0 Å². The molecule has 1 N–H and O–H groups in total. The van der Waals surface area contributed by atoms with Crippen molar-refractivity contribution in [1.29, 1.82) is 0 Å². The number of hydrogen-bond acceptors (Lipinski definition) is 1. The van der Waals surface area contributed by atoms with Crippen molar-refractivity contribution in [3.8, 4) is 0 Å². The lowest BCUT2D eigenvalue weighted by Crippen LogP contribution is -2.34. The third kappa shape index (κ3) is 2.76. The van der Waals surface area contributed by atoms with Gasteiger partial charge in [0.2, 0.25) is 5.91 Å². The van der Waals surface area contributed by atoms with E-state index in [1.54, 1.807) is 6.92 Å². The molecule has 0 heterocycles. The Bertz CT molecular complexity index is 359. The first-order chi connectivity index (χ1) is 7.68. The van der Waals surface area contributed by atoms with Crippen molar-refractivity contribution in [2.24, 2.45) is 5.92 Å². The molecule has 16 heavy (non-hydrogen) atoms. The molecule has 0 saturated heterocycles. The molecule has 86 valence electrons. The first-order valence-corrected chi connectivity index (χ1v) is 6.11. The molecule has 1 aliphatic carbocycles. The number of amides is 1. The molecule has 2 rings (SSSR count). The SMILES string of the molecule is CC(Cl)C(=O)NC(c1ccccc1)C1CC1. The third-order valence-electron chi connectivity index (χ3n) is 2.91. The molecular weight excluding hydrogens is 222 g/mol. The topological polar surface area (TPSA) is 29.1 Å². The molecule has 0 bridgehead atoms. The molecule has 1 aromatic carbocycles. The molecule has 0 aromatic heterocycles. The van der Waals surface area contributed by atoms with Crippen molar-refractivity contribution in [2.75, 3.05) is 0 Å². The van der Waals surface area contributed by atoms with Gasteiger partial charge in [0.25, 0.3) is 0 Å². The van der Waals surface area contributed by atoms with E-state index >= 15 is 0 Å². The van der Waals surface area contributed by atoms with E-state index in [1.807, 2.05) is 18.2 Å². The normalized spacial score (nSPS) is 18.9. The standard InChI is InChI=1S/C13H16ClNO/c1-9(14)13(16)15-12(11-7-8-11)10-5-3-2-4-6-10/h2-6,9,11-12H,7-8H2,1H3,(H,15,16). The summed E-state index contributed by atoms with van der Waals surface area (Å²) in [6.45, 7) is 1.70. The zero-order chi connectivity index (χ0) is 11.5. The Morgan fingerprint density at radius 2 is 2.00 bits per heavy atom. The van der Waals surface area contributed by atoms with Crippen LogP contribution in [0.25, 0.3) is 0 Å². The molecule has 1 aromatic rings. The zero-order valence-corrected chi connectivity index (χ0v) is 10.1. The predicted octanol–water partition coefficient (Wildman–Crippen LogP) is 2.88. The van der Waals surface area contributed by atoms with Gasteiger partial charge < -0.3 is 5.32 Å². The summed E-state index contributed by atoms with van der Waals surface area (Å²) >= 11 is 5.77. The fourth-order valence-electron chi connectivity index (χ4n) is 1.83. The molecule has 1 aliphatic rings. The Kier molecular flexibility index (Phi) is 3.49. The van der Waals surface area contributed by atoms with Crippen LogP contribution >= 0.6 is 11.6 Å². The lowest BCUT2D eigenvalue weighted by molar-refractivity contribution is -0.121. The van der Waals surface area contributed by atoms with Gasteiger partial charge >= 0.3 is 0 Å². The van der Waals surface area contributed by atoms with Gasteiger partial charge in [-0.25, -0.2) is 0 Å². The van der Waals surface area contributed by atoms with Gasteiger partial charge in [0.15, 0.2) is 0 Å². The second-order valence-corrected chi connectivity index (χ2v) is 5.01. The second-order valence-electron chi connectivity index (χ2n) is 4.35. The van der Waals surface area contributed by atoms with Crippen LogP contribution in [0.1, 0.15) is 31.4 Å². The molecule has 0 aliphatic heterocycles. The van der Waals surface area contributed by atoms with E-state index in [4.69, 9.17) is 11.6 Å². The summed E-state index contributed by atoms with van der Waals surface area (Å²) in [7, 11) is 0. The highest BCUT2D eigenvalue weighted by Crippen LogP contribution is 2.40. The van der Waals surface area contributed by atoms with E-state index in [0.29, 0.717) is 5.92 Å². The number of hydrogen-bond donors (Lipinski definition) is 1. The summed E-state index contributed by atoms with van der Waals surface area (Å²) in [6, 6.07) is 10.2. The van der Waals surface area contributed by atoms with Crippen molar-refractivity contribution in [1.82, 2.24) is 5.32 Å². The Balaban J connectivity index is 2.09. The molecule has 0 radical (unpaired) electrons. The fraction of sp³-hybridized carbons (Fsp3) is 0.462. The Labute approximate surface area is 101 Å². The van der Waals surface area contributed by atoms with Crippen molar-refractivity contribution >= 4 is 17.5 Å². The molecule has 1 fully saturated rings. The Hall–Kier alpha value is -1.02. The summed E-state index contributed by atoms with van der Waals surface area (Å²) in [5.74, 6) is 0.504. The molecule has 2 unspecified atom stereocenters. The van der Waals surface area contributed by atoms with Gasteiger partial charge in [0, 0.05) is 0 Å². The number of rotatable bonds is 4. The predicted molar refractivity (Wildman–Crippen MR) is 65.4 cm³/mol. The van der Waals surface area contributed by atoms with Crippen LogP contribution in [0.2, 0.25) is 0 Å². The van der Waals surface area contributed by atoms with Crippen LogP contribution < -0.4 is 5.32 Å². The van der Waals surface area contributed by atoms with Gasteiger partial charge in [-0.15, -0.1) is 11.6 Å². The summed E-state index contributed by atoms with van der Waals surface area (Å²) < 4.78 is 0. The van der Waals surface area contributed by atoms with Crippen molar-refractivity contribution < 1.29 is 4.79 Å². The largest absolute Gasteiger partial charge is 0.348 e. The highest BCUT2D eigenvalue weighted by molar-refractivity contribution is 6.30. The zero-order valence-electron chi connectivity index (χ0n) is 9.32. The van der Waals surface area contributed by atoms with Gasteiger partial charge in [-0.1, -0.05) is 30.3 Å². The van der Waals surface area contributed by atoms with Gasteiger partial charge in [-0.3, -0.25) is 4.79 Å². The van der Waals surface area contributed by atoms with Gasteiger partial charge in [-0.2, -0.15) is 0 Å². The number of carbonyl (C=O) groups excluding carboxylic acids is 1. The van der Waals surface area contributed by atoms with Crippen LogP contribution in [0.5, 0.6) is 0 Å². The second kappa shape index (κ2) is 4.88. The highest BCUT2D eigenvalue weighted by atomic mass is 35.5. The van der Waals surface area contributed by atoms with Crippen molar-refractivity contribution in [3.05, 3.63) is 35.9 Å². The van der Waals surface area contributed by atoms with E-state index < -0.39 is 5.38 Å². The minimum atomic E-state index is -0.468. The molecule has 0 spiro atoms. The van der Waals surface area contributed by atoms with E-state index in [1.165, 1.54) is 18.4 Å². The maximum absolute atomic E-state index is 11.6. The van der Waals surface area contributed by atoms with Crippen molar-refractivity contribution in [2.45, 2.75) is 31.2 Å². The van der Waals surface area contributed by atoms with Crippen molar-refractivity contribution in [3.63, 3.8) is 0 Å². The first kappa shape index (κ1) is 11.5. The lowest BCUT2D eigenvalue weighted by Gasteiger charge is -2.19. The number of halogens is 1. The number of alkyl halides is 1. The molecule has 2 nitrogen and oxygen atoms in total. The summed E-state index contributed by atoms with van der Waals surface area (Å²) in [5, 5.41) is 2.56. The van der Waals surface area contributed by atoms with E-state index in [0.717, 1.165) is 0 Å². The maximum atomic E-state index is 11.6. The van der Waals surface area contributed by atoms with E-state index in [-0.39, 0.29) is 11.9 Å². The number of carbonyl (C=O) groups is 1. The number of nitrogens with one attached hydrogen (secondary N) is 1. The van der Waals surface area contributed by atoms with Crippen LogP contribution in [0.4, 0.5) is 0 Å². The van der Waals surface area contributed by atoms with E-state index in [2.05, 4.69) is 17.4 Å². The third-order valence-corrected chi connectivity index (χ3v) is 3.11. The molecule has 2 atom stereocenters. The van der Waals surface area contributed by atoms with Crippen LogP contribution in [-0.4, -0.2) is 11.3 Å². The quantitative estimate of drug-likeness (QED) is 0.802. The Morgan fingerprint density at radius 3 is 2.50 bits per heavy atom. The highest BCUT2D eigenvalue weighted by Gasteiger charge is 2.33. The van der Waals surface area contributed by atoms with Crippen LogP contribution in [-0.2, 0) is 4.79 Å². The average molecular weight is 238 g/mol. The number of benzene rings is 1. The molecule has 1 saturated carbocycles. The molecule has 1 amide bonds. The smallest absolute Gasteiger partial charge is 0.238 e. The lowest BCUT2D eigenvalue weighted by atomic mass is 10.0. The monoisotopic (exact) mass is 237 g/mol. The Morgan fingerprint density at radius 1 is 1.38 bits per heavy atom. The van der Waals surface area contributed by atoms with Gasteiger partial charge in [-0.05, 0) is 31.2 Å². The summed E-state index contributed by atoms with van der Waals surface area (Å²) in [4.78, 5) is 11.6. The summed E-state index contributed by atoms with van der Waals surface area (Å²) in [6.07, 6.45) is 2.38. The minimum Gasteiger partial charge on any atom is -0.348 e. The maximum Gasteiger partial charge on any atom is 0.238 e. The van der Waals surface area contributed by atoms with Crippen LogP contribution in [0.15, 0.2) is 30.3 Å². The van der Waals surface area contributed by atoms with E-state index in [9.17, 15) is 4.79 Å². The van der Waals surface area contributed by atoms with Crippen LogP contribution in [0, 0.1) is 5.92 Å². The summed E-state index contributed by atoms with van der Waals surface area (Å²) in [5.41, 5.74) is 1.18. The minimum absolute atomic E-state index is 0.0811. The average Bonchev–Trinajstić information content (AvgIpc) is 3.10. The molecular formula is C13H16ClNO. The molecule has 3 heteroatoms. The van der Waals surface area contributed by atoms with Gasteiger partial charge in [0.1, 0.15) is 5.38 Å².